The molecule has 2 rings (SSSR count). The third-order valence-corrected chi connectivity index (χ3v) is 5.09. The molecule has 0 amide bonds. The second-order valence-electron chi connectivity index (χ2n) is 4.76. The van der Waals surface area contributed by atoms with Crippen LogP contribution in [0.4, 0.5) is 0 Å². The van der Waals surface area contributed by atoms with Crippen LogP contribution in [0.25, 0.3) is 0 Å². The largest absolute Gasteiger partial charge is 0.269 e. The highest BCUT2D eigenvalue weighted by molar-refractivity contribution is 7.89. The molecule has 6 heteroatoms. The molecule has 96 valence electrons. The van der Waals surface area contributed by atoms with E-state index < -0.39 is 10.0 Å². The molecule has 0 radical (unpaired) electrons. The van der Waals surface area contributed by atoms with Gasteiger partial charge in [-0.1, -0.05) is 0 Å². The molecule has 0 N–H and O–H groups in total. The van der Waals surface area contributed by atoms with Gasteiger partial charge >= 0.3 is 0 Å². The summed E-state index contributed by atoms with van der Waals surface area (Å²) in [5.74, 6) is 0. The van der Waals surface area contributed by atoms with Crippen molar-refractivity contribution in [3.63, 3.8) is 0 Å². The SMILES string of the molecule is Cc1nn(C(C)C)cc1S(=O)(=O)N1CCCC1. The van der Waals surface area contributed by atoms with Crippen molar-refractivity contribution >= 4 is 10.0 Å². The molecule has 0 bridgehead atoms. The van der Waals surface area contributed by atoms with Crippen LogP contribution in [0.2, 0.25) is 0 Å². The number of nitrogens with zero attached hydrogens (tertiary/aromatic N) is 3. The maximum atomic E-state index is 12.4. The van der Waals surface area contributed by atoms with Crippen LogP contribution in [0.15, 0.2) is 11.1 Å². The second-order valence-corrected chi connectivity index (χ2v) is 6.67. The molecule has 1 aromatic heterocycles. The highest BCUT2D eigenvalue weighted by Gasteiger charge is 2.30. The molecule has 0 spiro atoms. The molecular weight excluding hydrogens is 238 g/mol. The first-order valence-corrected chi connectivity index (χ1v) is 7.43. The number of hydrogen-bond donors (Lipinski definition) is 0. The molecule has 2 heterocycles. The predicted molar refractivity (Wildman–Crippen MR) is 65.3 cm³/mol. The van der Waals surface area contributed by atoms with E-state index >= 15 is 0 Å². The number of aryl methyl sites for hydroxylation is 1. The van der Waals surface area contributed by atoms with Crippen LogP contribution in [0.5, 0.6) is 0 Å². The van der Waals surface area contributed by atoms with Crippen molar-refractivity contribution in [2.75, 3.05) is 13.1 Å². The first-order chi connectivity index (χ1) is 7.93. The third kappa shape index (κ3) is 2.24. The zero-order valence-electron chi connectivity index (χ0n) is 10.5. The summed E-state index contributed by atoms with van der Waals surface area (Å²) in [5, 5.41) is 4.26. The molecular formula is C11H19N3O2S. The fourth-order valence-electron chi connectivity index (χ4n) is 2.05. The lowest BCUT2D eigenvalue weighted by molar-refractivity contribution is 0.476. The molecule has 0 atom stereocenters. The molecule has 1 saturated heterocycles. The molecule has 0 unspecified atom stereocenters. The molecule has 17 heavy (non-hydrogen) atoms. The Morgan fingerprint density at radius 1 is 1.29 bits per heavy atom. The van der Waals surface area contributed by atoms with Crippen LogP contribution in [0, 0.1) is 6.92 Å². The van der Waals surface area contributed by atoms with E-state index in [9.17, 15) is 8.42 Å². The van der Waals surface area contributed by atoms with Crippen LogP contribution >= 0.6 is 0 Å². The highest BCUT2D eigenvalue weighted by atomic mass is 32.2. The van der Waals surface area contributed by atoms with E-state index in [0.717, 1.165) is 12.8 Å². The summed E-state index contributed by atoms with van der Waals surface area (Å²) in [5.41, 5.74) is 0.589. The molecule has 1 aromatic rings. The number of aromatic nitrogens is 2. The van der Waals surface area contributed by atoms with Gasteiger partial charge in [0.2, 0.25) is 10.0 Å². The standard InChI is InChI=1S/C11H19N3O2S/c1-9(2)14-8-11(10(3)12-14)17(15,16)13-6-4-5-7-13/h8-9H,4-7H2,1-3H3. The minimum atomic E-state index is -3.33. The van der Waals surface area contributed by atoms with Crippen LogP contribution in [0.3, 0.4) is 0 Å². The summed E-state index contributed by atoms with van der Waals surface area (Å²) in [6.07, 6.45) is 3.56. The van der Waals surface area contributed by atoms with Crippen LogP contribution in [0.1, 0.15) is 38.4 Å². The van der Waals surface area contributed by atoms with E-state index in [2.05, 4.69) is 5.10 Å². The Morgan fingerprint density at radius 2 is 1.88 bits per heavy atom. The van der Waals surface area contributed by atoms with E-state index in [1.165, 1.54) is 0 Å². The Kier molecular flexibility index (Phi) is 3.27. The number of sulfonamides is 1. The summed E-state index contributed by atoms with van der Waals surface area (Å²) >= 11 is 0. The van der Waals surface area contributed by atoms with Gasteiger partial charge in [0, 0.05) is 25.3 Å². The first-order valence-electron chi connectivity index (χ1n) is 5.99. The van der Waals surface area contributed by atoms with Crippen molar-refractivity contribution in [2.24, 2.45) is 0 Å². The zero-order chi connectivity index (χ0) is 12.6. The Labute approximate surface area is 102 Å². The Hall–Kier alpha value is -0.880. The average molecular weight is 257 g/mol. The van der Waals surface area contributed by atoms with Gasteiger partial charge in [-0.3, -0.25) is 4.68 Å². The molecule has 0 aliphatic carbocycles. The first kappa shape index (κ1) is 12.6. The Balaban J connectivity index is 2.39. The summed E-state index contributed by atoms with van der Waals surface area (Å²) < 4.78 is 28.0. The van der Waals surface area contributed by atoms with Gasteiger partial charge in [0.15, 0.2) is 0 Å². The molecule has 5 nitrogen and oxygen atoms in total. The van der Waals surface area contributed by atoms with Gasteiger partial charge in [0.05, 0.1) is 5.69 Å². The topological polar surface area (TPSA) is 55.2 Å². The average Bonchev–Trinajstić information content (AvgIpc) is 2.85. The monoisotopic (exact) mass is 257 g/mol. The van der Waals surface area contributed by atoms with E-state index in [1.807, 2.05) is 13.8 Å². The van der Waals surface area contributed by atoms with Crippen molar-refractivity contribution in [1.82, 2.24) is 14.1 Å². The fourth-order valence-corrected chi connectivity index (χ4v) is 3.72. The lowest BCUT2D eigenvalue weighted by Gasteiger charge is -2.14. The minimum Gasteiger partial charge on any atom is -0.269 e. The summed E-state index contributed by atoms with van der Waals surface area (Å²) in [6.45, 7) is 6.99. The maximum Gasteiger partial charge on any atom is 0.246 e. The van der Waals surface area contributed by atoms with Gasteiger partial charge in [0.1, 0.15) is 4.90 Å². The van der Waals surface area contributed by atoms with Crippen molar-refractivity contribution in [1.29, 1.82) is 0 Å². The van der Waals surface area contributed by atoms with Gasteiger partial charge in [-0.15, -0.1) is 0 Å². The minimum absolute atomic E-state index is 0.177. The Morgan fingerprint density at radius 3 is 2.35 bits per heavy atom. The highest BCUT2D eigenvalue weighted by Crippen LogP contribution is 2.23. The van der Waals surface area contributed by atoms with Gasteiger partial charge < -0.3 is 0 Å². The molecule has 1 aliphatic heterocycles. The normalized spacial score (nSPS) is 18.1. The number of hydrogen-bond acceptors (Lipinski definition) is 3. The molecule has 0 saturated carbocycles. The lowest BCUT2D eigenvalue weighted by Crippen LogP contribution is -2.28. The molecule has 1 aliphatic rings. The smallest absolute Gasteiger partial charge is 0.246 e. The van der Waals surface area contributed by atoms with E-state index in [1.54, 1.807) is 22.1 Å². The lowest BCUT2D eigenvalue weighted by atomic mass is 10.4. The molecule has 0 aromatic carbocycles. The fraction of sp³-hybridized carbons (Fsp3) is 0.727. The van der Waals surface area contributed by atoms with E-state index in [0.29, 0.717) is 23.7 Å². The van der Waals surface area contributed by atoms with Crippen molar-refractivity contribution in [3.05, 3.63) is 11.9 Å². The third-order valence-electron chi connectivity index (χ3n) is 3.08. The summed E-state index contributed by atoms with van der Waals surface area (Å²) in [7, 11) is -3.33. The van der Waals surface area contributed by atoms with Gasteiger partial charge in [-0.05, 0) is 33.6 Å². The second kappa shape index (κ2) is 4.42. The van der Waals surface area contributed by atoms with Crippen molar-refractivity contribution in [3.8, 4) is 0 Å². The van der Waals surface area contributed by atoms with Crippen LogP contribution in [-0.4, -0.2) is 35.6 Å². The van der Waals surface area contributed by atoms with Gasteiger partial charge in [-0.2, -0.15) is 9.40 Å². The van der Waals surface area contributed by atoms with Crippen LogP contribution in [-0.2, 0) is 10.0 Å². The van der Waals surface area contributed by atoms with Crippen molar-refractivity contribution < 1.29 is 8.42 Å². The van der Waals surface area contributed by atoms with Gasteiger partial charge in [-0.25, -0.2) is 8.42 Å². The van der Waals surface area contributed by atoms with E-state index in [-0.39, 0.29) is 6.04 Å². The van der Waals surface area contributed by atoms with E-state index in [4.69, 9.17) is 0 Å². The predicted octanol–water partition coefficient (Wildman–Crippen LogP) is 1.56. The van der Waals surface area contributed by atoms with Gasteiger partial charge in [0.25, 0.3) is 0 Å². The quantitative estimate of drug-likeness (QED) is 0.825. The number of rotatable bonds is 3. The summed E-state index contributed by atoms with van der Waals surface area (Å²) in [4.78, 5) is 0.355. The summed E-state index contributed by atoms with van der Waals surface area (Å²) in [6, 6.07) is 0.177. The zero-order valence-corrected chi connectivity index (χ0v) is 11.4. The molecule has 1 fully saturated rings. The van der Waals surface area contributed by atoms with Crippen molar-refractivity contribution in [2.45, 2.75) is 44.6 Å². The maximum absolute atomic E-state index is 12.4. The van der Waals surface area contributed by atoms with Crippen LogP contribution < -0.4 is 0 Å². The Bertz CT molecular complexity index is 499.